The fourth-order valence-corrected chi connectivity index (χ4v) is 2.93. The van der Waals surface area contributed by atoms with Crippen molar-refractivity contribution in [1.82, 2.24) is 13.4 Å². The van der Waals surface area contributed by atoms with Crippen LogP contribution in [0.5, 0.6) is 5.75 Å². The average molecular weight is 361 g/mol. The Hall–Kier alpha value is -0.890. The van der Waals surface area contributed by atoms with Gasteiger partial charge in [0.15, 0.2) is 0 Å². The fraction of sp³-hybridized carbons (Fsp3) is 0.500. The van der Waals surface area contributed by atoms with Crippen LogP contribution in [-0.2, 0) is 0 Å². The number of rotatable bonds is 3. The minimum atomic E-state index is -0.186. The highest BCUT2D eigenvalue weighted by Crippen LogP contribution is 2.24. The largest absolute Gasteiger partial charge is 0.487 e. The summed E-state index contributed by atoms with van der Waals surface area (Å²) in [5.41, 5.74) is 0.403. The van der Waals surface area contributed by atoms with E-state index in [4.69, 9.17) is 4.74 Å². The summed E-state index contributed by atoms with van der Waals surface area (Å²) in [5.74, 6) is 1.03. The number of carbonyl (C=O) groups is 1. The van der Waals surface area contributed by atoms with Crippen LogP contribution in [-0.4, -0.2) is 40.2 Å². The van der Waals surface area contributed by atoms with Crippen LogP contribution < -0.4 is 10.1 Å². The van der Waals surface area contributed by atoms with Gasteiger partial charge in [-0.2, -0.15) is 0 Å². The molecule has 0 aliphatic carbocycles. The summed E-state index contributed by atoms with van der Waals surface area (Å²) in [6.07, 6.45) is 1.79. The summed E-state index contributed by atoms with van der Waals surface area (Å²) < 4.78 is 8.11. The Morgan fingerprint density at radius 1 is 1.56 bits per heavy atom. The van der Waals surface area contributed by atoms with Crippen molar-refractivity contribution in [3.8, 4) is 5.75 Å². The molecule has 6 heteroatoms. The van der Waals surface area contributed by atoms with Gasteiger partial charge in [-0.15, -0.1) is 0 Å². The Labute approximate surface area is 120 Å². The lowest BCUT2D eigenvalue weighted by molar-refractivity contribution is 0.0958. The lowest BCUT2D eigenvalue weighted by Crippen LogP contribution is -2.24. The van der Waals surface area contributed by atoms with E-state index in [0.29, 0.717) is 17.4 Å². The van der Waals surface area contributed by atoms with Gasteiger partial charge in [0.05, 0.1) is 6.20 Å². The van der Waals surface area contributed by atoms with Crippen molar-refractivity contribution in [2.45, 2.75) is 13.0 Å². The third-order valence-electron chi connectivity index (χ3n) is 2.98. The highest BCUT2D eigenvalue weighted by molar-refractivity contribution is 14.1. The Morgan fingerprint density at radius 2 is 2.33 bits per heavy atom. The van der Waals surface area contributed by atoms with Crippen LogP contribution in [0.15, 0.2) is 18.3 Å². The second-order valence-electron chi connectivity index (χ2n) is 4.42. The van der Waals surface area contributed by atoms with Crippen molar-refractivity contribution in [2.24, 2.45) is 5.92 Å². The average Bonchev–Trinajstić information content (AvgIpc) is 2.68. The third kappa shape index (κ3) is 3.11. The third-order valence-corrected chi connectivity index (χ3v) is 3.77. The van der Waals surface area contributed by atoms with E-state index >= 15 is 0 Å². The molecule has 0 spiro atoms. The van der Waals surface area contributed by atoms with Crippen LogP contribution >= 0.6 is 22.9 Å². The monoisotopic (exact) mass is 361 g/mol. The second-order valence-corrected chi connectivity index (χ2v) is 5.78. The zero-order valence-electron chi connectivity index (χ0n) is 10.4. The molecule has 2 atom stereocenters. The molecular weight excluding hydrogens is 345 g/mol. The highest BCUT2D eigenvalue weighted by atomic mass is 127. The molecule has 18 heavy (non-hydrogen) atoms. The molecule has 2 heterocycles. The molecule has 0 saturated carbocycles. The molecule has 0 bridgehead atoms. The minimum absolute atomic E-state index is 0.186. The van der Waals surface area contributed by atoms with Gasteiger partial charge in [0, 0.05) is 48.9 Å². The van der Waals surface area contributed by atoms with Crippen molar-refractivity contribution < 1.29 is 9.53 Å². The number of amides is 1. The zero-order chi connectivity index (χ0) is 13.1. The minimum Gasteiger partial charge on any atom is -0.487 e. The number of halogens is 1. The molecule has 2 rings (SSSR count). The number of hydrogen-bond donors (Lipinski definition) is 1. The first-order valence-electron chi connectivity index (χ1n) is 5.85. The van der Waals surface area contributed by atoms with E-state index in [9.17, 15) is 4.79 Å². The van der Waals surface area contributed by atoms with Gasteiger partial charge in [-0.25, -0.2) is 8.10 Å². The second kappa shape index (κ2) is 5.83. The maximum absolute atomic E-state index is 11.3. The standard InChI is InChI=1S/C12H16IN3O2/c1-8-6-16(13)7-11(8)18-9-3-4-10(15-5-9)12(17)14-2/h3-5,8,11H,6-7H2,1-2H3,(H,14,17)/t8-,11+/m1/s1. The van der Waals surface area contributed by atoms with Crippen molar-refractivity contribution in [3.05, 3.63) is 24.0 Å². The van der Waals surface area contributed by atoms with Crippen molar-refractivity contribution in [1.29, 1.82) is 0 Å². The van der Waals surface area contributed by atoms with Crippen molar-refractivity contribution in [2.75, 3.05) is 20.1 Å². The van der Waals surface area contributed by atoms with Gasteiger partial charge in [0.25, 0.3) is 5.91 Å². The molecule has 5 nitrogen and oxygen atoms in total. The summed E-state index contributed by atoms with van der Waals surface area (Å²) in [6.45, 7) is 4.13. The Bertz CT molecular complexity index is 424. The maximum Gasteiger partial charge on any atom is 0.269 e. The summed E-state index contributed by atoms with van der Waals surface area (Å²) in [6, 6.07) is 3.47. The highest BCUT2D eigenvalue weighted by Gasteiger charge is 2.29. The van der Waals surface area contributed by atoms with Crippen molar-refractivity contribution >= 4 is 28.8 Å². The smallest absolute Gasteiger partial charge is 0.269 e. The molecule has 1 aromatic heterocycles. The number of carbonyl (C=O) groups excluding carboxylic acids is 1. The molecule has 0 unspecified atom stereocenters. The summed E-state index contributed by atoms with van der Waals surface area (Å²) in [7, 11) is 1.59. The topological polar surface area (TPSA) is 54.5 Å². The van der Waals surface area contributed by atoms with Crippen LogP contribution in [0.4, 0.5) is 0 Å². The van der Waals surface area contributed by atoms with E-state index in [1.807, 2.05) is 0 Å². The number of hydrogen-bond acceptors (Lipinski definition) is 4. The molecule has 1 aliphatic heterocycles. The molecule has 98 valence electrons. The van der Waals surface area contributed by atoms with Crippen LogP contribution in [0.1, 0.15) is 17.4 Å². The summed E-state index contributed by atoms with van der Waals surface area (Å²) in [5, 5.41) is 2.54. The Balaban J connectivity index is 2.00. The quantitative estimate of drug-likeness (QED) is 0.655. The Kier molecular flexibility index (Phi) is 4.39. The van der Waals surface area contributed by atoms with Crippen LogP contribution in [0, 0.1) is 5.92 Å². The zero-order valence-corrected chi connectivity index (χ0v) is 12.5. The molecule has 0 aromatic carbocycles. The number of aromatic nitrogens is 1. The van der Waals surface area contributed by atoms with Crippen LogP contribution in [0.25, 0.3) is 0 Å². The summed E-state index contributed by atoms with van der Waals surface area (Å²) in [4.78, 5) is 15.4. The maximum atomic E-state index is 11.3. The van der Waals surface area contributed by atoms with Gasteiger partial charge in [-0.3, -0.25) is 4.79 Å². The van der Waals surface area contributed by atoms with Gasteiger partial charge in [-0.05, 0) is 12.1 Å². The van der Waals surface area contributed by atoms with Crippen molar-refractivity contribution in [3.63, 3.8) is 0 Å². The van der Waals surface area contributed by atoms with Gasteiger partial charge in [0.2, 0.25) is 0 Å². The molecule has 1 N–H and O–H groups in total. The van der Waals surface area contributed by atoms with Gasteiger partial charge < -0.3 is 10.1 Å². The molecule has 1 amide bonds. The molecule has 1 aromatic rings. The van der Waals surface area contributed by atoms with Crippen LogP contribution in [0.2, 0.25) is 0 Å². The normalized spacial score (nSPS) is 23.9. The Morgan fingerprint density at radius 3 is 2.83 bits per heavy atom. The molecule has 1 saturated heterocycles. The van der Waals surface area contributed by atoms with E-state index in [1.165, 1.54) is 0 Å². The number of nitrogens with one attached hydrogen (secondary N) is 1. The lowest BCUT2D eigenvalue weighted by Gasteiger charge is -2.16. The lowest BCUT2D eigenvalue weighted by atomic mass is 10.1. The van der Waals surface area contributed by atoms with Gasteiger partial charge >= 0.3 is 0 Å². The number of ether oxygens (including phenoxy) is 1. The number of nitrogens with zero attached hydrogens (tertiary/aromatic N) is 2. The summed E-state index contributed by atoms with van der Waals surface area (Å²) >= 11 is 2.31. The van der Waals surface area contributed by atoms with E-state index in [2.05, 4.69) is 43.2 Å². The molecular formula is C12H16IN3O2. The molecule has 0 radical (unpaired) electrons. The fourth-order valence-electron chi connectivity index (χ4n) is 1.92. The van der Waals surface area contributed by atoms with E-state index in [0.717, 1.165) is 13.1 Å². The molecule has 1 aliphatic rings. The first-order valence-corrected chi connectivity index (χ1v) is 6.82. The van der Waals surface area contributed by atoms with Gasteiger partial charge in [-0.1, -0.05) is 6.92 Å². The predicted octanol–water partition coefficient (Wildman–Crippen LogP) is 1.49. The van der Waals surface area contributed by atoms with E-state index < -0.39 is 0 Å². The SMILES string of the molecule is CNC(=O)c1ccc(O[C@H]2CN(I)C[C@H]2C)cn1. The number of pyridine rings is 1. The van der Waals surface area contributed by atoms with Crippen LogP contribution in [0.3, 0.4) is 0 Å². The first kappa shape index (κ1) is 13.5. The van der Waals surface area contributed by atoms with E-state index in [-0.39, 0.29) is 12.0 Å². The van der Waals surface area contributed by atoms with Gasteiger partial charge in [0.1, 0.15) is 17.5 Å². The molecule has 1 fully saturated rings. The predicted molar refractivity (Wildman–Crippen MR) is 76.8 cm³/mol. The van der Waals surface area contributed by atoms with E-state index in [1.54, 1.807) is 25.4 Å². The first-order chi connectivity index (χ1) is 8.60.